The summed E-state index contributed by atoms with van der Waals surface area (Å²) in [5.74, 6) is -1.52. The first-order chi connectivity index (χ1) is 13.9. The van der Waals surface area contributed by atoms with Crippen molar-refractivity contribution in [3.63, 3.8) is 0 Å². The largest absolute Gasteiger partial charge is 0.327 e. The lowest BCUT2D eigenvalue weighted by atomic mass is 9.77. The molecule has 2 aliphatic heterocycles. The zero-order valence-electron chi connectivity index (χ0n) is 17.0. The van der Waals surface area contributed by atoms with Gasteiger partial charge >= 0.3 is 0 Å². The van der Waals surface area contributed by atoms with Gasteiger partial charge in [-0.1, -0.05) is 13.8 Å². The maximum absolute atomic E-state index is 14.2. The molecule has 29 heavy (non-hydrogen) atoms. The second-order valence-electron chi connectivity index (χ2n) is 8.78. The van der Waals surface area contributed by atoms with E-state index in [9.17, 15) is 13.2 Å². The van der Waals surface area contributed by atoms with Crippen molar-refractivity contribution in [3.05, 3.63) is 35.1 Å². The van der Waals surface area contributed by atoms with E-state index >= 15 is 0 Å². The first-order valence-corrected chi connectivity index (χ1v) is 10.6. The van der Waals surface area contributed by atoms with Crippen LogP contribution in [0.2, 0.25) is 0 Å². The van der Waals surface area contributed by atoms with E-state index < -0.39 is 17.5 Å². The molecule has 1 aromatic carbocycles. The molecule has 2 fully saturated rings. The molecular weight excluding hydrogens is 377 g/mol. The van der Waals surface area contributed by atoms with Gasteiger partial charge in [-0.3, -0.25) is 9.89 Å². The number of nitrogens with zero attached hydrogens (tertiary/aromatic N) is 3. The standard InChI is InChI=1S/C22H29F3N4/c1-3-12(2)22-27-9-13-10-29(11-21(13)28-22)14-4-5-15(20(26)6-14)16-7-18(24)19(25)8-17(16)23/h7-9,12-15,20-21H,3-6,10-11,26H2,1-2H3/t12?,13?,14-,15+,20-,21?/m0/s1. The van der Waals surface area contributed by atoms with Crippen LogP contribution in [0.4, 0.5) is 13.2 Å². The Bertz CT molecular complexity index is 825. The molecule has 4 rings (SSSR count). The molecule has 3 unspecified atom stereocenters. The average molecular weight is 406 g/mol. The van der Waals surface area contributed by atoms with Crippen molar-refractivity contribution < 1.29 is 13.2 Å². The Balaban J connectivity index is 1.42. The summed E-state index contributed by atoms with van der Waals surface area (Å²) in [5.41, 5.74) is 6.58. The summed E-state index contributed by atoms with van der Waals surface area (Å²) < 4.78 is 41.1. The van der Waals surface area contributed by atoms with Gasteiger partial charge in [-0.15, -0.1) is 0 Å². The SMILES string of the molecule is CCC(C)C1=NC2CN([C@H]3CC[C@H](c4cc(F)c(F)cc4F)[C@@H](N)C3)CC2C=N1. The minimum atomic E-state index is -1.16. The van der Waals surface area contributed by atoms with E-state index in [4.69, 9.17) is 10.7 Å². The number of likely N-dealkylation sites (tertiary alicyclic amines) is 1. The monoisotopic (exact) mass is 406 g/mol. The molecule has 0 radical (unpaired) electrons. The molecule has 1 saturated heterocycles. The van der Waals surface area contributed by atoms with Crippen molar-refractivity contribution >= 4 is 12.1 Å². The maximum atomic E-state index is 14.2. The Labute approximate surface area is 170 Å². The lowest BCUT2D eigenvalue weighted by Crippen LogP contribution is -2.45. The van der Waals surface area contributed by atoms with Crippen LogP contribution in [-0.4, -0.2) is 48.2 Å². The van der Waals surface area contributed by atoms with Crippen molar-refractivity contribution in [1.82, 2.24) is 4.90 Å². The first kappa shape index (κ1) is 20.5. The molecule has 0 spiro atoms. The summed E-state index contributed by atoms with van der Waals surface area (Å²) in [6.45, 7) is 6.09. The Kier molecular flexibility index (Phi) is 5.80. The quantitative estimate of drug-likeness (QED) is 0.771. The Morgan fingerprint density at radius 3 is 2.62 bits per heavy atom. The van der Waals surface area contributed by atoms with Crippen LogP contribution >= 0.6 is 0 Å². The first-order valence-electron chi connectivity index (χ1n) is 10.6. The molecule has 1 saturated carbocycles. The number of aliphatic imine (C=N–C) groups is 2. The molecule has 4 nitrogen and oxygen atoms in total. The zero-order valence-corrected chi connectivity index (χ0v) is 17.0. The minimum absolute atomic E-state index is 0.194. The predicted molar refractivity (Wildman–Crippen MR) is 109 cm³/mol. The highest BCUT2D eigenvalue weighted by molar-refractivity contribution is 5.93. The van der Waals surface area contributed by atoms with Crippen LogP contribution in [0.25, 0.3) is 0 Å². The van der Waals surface area contributed by atoms with Crippen molar-refractivity contribution in [2.24, 2.45) is 27.6 Å². The molecule has 0 aromatic heterocycles. The molecule has 0 bridgehead atoms. The molecule has 2 heterocycles. The lowest BCUT2D eigenvalue weighted by Gasteiger charge is -2.38. The minimum Gasteiger partial charge on any atom is -0.327 e. The van der Waals surface area contributed by atoms with Crippen LogP contribution in [0.3, 0.4) is 0 Å². The number of nitrogens with two attached hydrogens (primary N) is 1. The second-order valence-corrected chi connectivity index (χ2v) is 8.78. The van der Waals surface area contributed by atoms with Crippen LogP contribution < -0.4 is 5.73 Å². The van der Waals surface area contributed by atoms with E-state index in [0.717, 1.165) is 37.8 Å². The Morgan fingerprint density at radius 2 is 1.90 bits per heavy atom. The highest BCUT2D eigenvalue weighted by Crippen LogP contribution is 2.38. The molecule has 7 heteroatoms. The van der Waals surface area contributed by atoms with Crippen LogP contribution in [0, 0.1) is 29.3 Å². The van der Waals surface area contributed by atoms with Crippen molar-refractivity contribution in [2.45, 2.75) is 63.6 Å². The van der Waals surface area contributed by atoms with Crippen molar-refractivity contribution in [3.8, 4) is 0 Å². The van der Waals surface area contributed by atoms with E-state index in [0.29, 0.717) is 36.8 Å². The molecule has 6 atom stereocenters. The topological polar surface area (TPSA) is 54.0 Å². The van der Waals surface area contributed by atoms with Gasteiger partial charge in [0.1, 0.15) is 11.7 Å². The highest BCUT2D eigenvalue weighted by atomic mass is 19.2. The van der Waals surface area contributed by atoms with Crippen molar-refractivity contribution in [1.29, 1.82) is 0 Å². The number of halogens is 3. The van der Waals surface area contributed by atoms with Gasteiger partial charge in [-0.2, -0.15) is 0 Å². The summed E-state index contributed by atoms with van der Waals surface area (Å²) >= 11 is 0. The molecular formula is C22H29F3N4. The number of hydrogen-bond donors (Lipinski definition) is 1. The van der Waals surface area contributed by atoms with Gasteiger partial charge in [0.2, 0.25) is 0 Å². The summed E-state index contributed by atoms with van der Waals surface area (Å²) in [5, 5.41) is 0. The van der Waals surface area contributed by atoms with Gasteiger partial charge in [0.05, 0.1) is 6.04 Å². The van der Waals surface area contributed by atoms with E-state index in [1.807, 2.05) is 0 Å². The molecule has 0 amide bonds. The molecule has 1 aliphatic carbocycles. The number of amidine groups is 1. The third-order valence-electron chi connectivity index (χ3n) is 6.94. The van der Waals surface area contributed by atoms with Gasteiger partial charge < -0.3 is 5.73 Å². The van der Waals surface area contributed by atoms with E-state index in [2.05, 4.69) is 30.0 Å². The third-order valence-corrected chi connectivity index (χ3v) is 6.94. The second kappa shape index (κ2) is 8.19. The van der Waals surface area contributed by atoms with Gasteiger partial charge in [-0.05, 0) is 37.3 Å². The molecule has 158 valence electrons. The fourth-order valence-corrected chi connectivity index (χ4v) is 4.96. The van der Waals surface area contributed by atoms with E-state index in [1.54, 1.807) is 0 Å². The third kappa shape index (κ3) is 3.99. The van der Waals surface area contributed by atoms with Crippen molar-refractivity contribution in [2.75, 3.05) is 13.1 Å². The summed E-state index contributed by atoms with van der Waals surface area (Å²) in [7, 11) is 0. The molecule has 1 aromatic rings. The van der Waals surface area contributed by atoms with Crippen LogP contribution in [-0.2, 0) is 0 Å². The number of benzene rings is 1. The fraction of sp³-hybridized carbons (Fsp3) is 0.636. The highest BCUT2D eigenvalue weighted by Gasteiger charge is 2.40. The lowest BCUT2D eigenvalue weighted by molar-refractivity contribution is 0.164. The summed E-state index contributed by atoms with van der Waals surface area (Å²) in [6.07, 6.45) is 5.31. The van der Waals surface area contributed by atoms with E-state index in [1.165, 1.54) is 0 Å². The van der Waals surface area contributed by atoms with E-state index in [-0.39, 0.29) is 23.6 Å². The molecule has 2 N–H and O–H groups in total. The number of hydrogen-bond acceptors (Lipinski definition) is 4. The Morgan fingerprint density at radius 1 is 1.14 bits per heavy atom. The Hall–Kier alpha value is -1.73. The average Bonchev–Trinajstić information content (AvgIpc) is 3.13. The van der Waals surface area contributed by atoms with Gasteiger partial charge in [-0.25, -0.2) is 18.2 Å². The van der Waals surface area contributed by atoms with Gasteiger partial charge in [0, 0.05) is 55.2 Å². The zero-order chi connectivity index (χ0) is 20.7. The number of rotatable bonds is 4. The summed E-state index contributed by atoms with van der Waals surface area (Å²) in [4.78, 5) is 11.9. The number of fused-ring (bicyclic) bond motifs is 1. The van der Waals surface area contributed by atoms with Gasteiger partial charge in [0.25, 0.3) is 0 Å². The smallest absolute Gasteiger partial charge is 0.161 e. The normalized spacial score (nSPS) is 33.4. The van der Waals surface area contributed by atoms with Crippen LogP contribution in [0.5, 0.6) is 0 Å². The molecule has 3 aliphatic rings. The van der Waals surface area contributed by atoms with Crippen LogP contribution in [0.15, 0.2) is 22.1 Å². The summed E-state index contributed by atoms with van der Waals surface area (Å²) in [6, 6.07) is 1.86. The van der Waals surface area contributed by atoms with Crippen LogP contribution in [0.1, 0.15) is 51.0 Å². The maximum Gasteiger partial charge on any atom is 0.161 e. The fourth-order valence-electron chi connectivity index (χ4n) is 4.96. The van der Waals surface area contributed by atoms with Gasteiger partial charge in [0.15, 0.2) is 11.6 Å². The predicted octanol–water partition coefficient (Wildman–Crippen LogP) is 3.90.